The topological polar surface area (TPSA) is 28.6 Å². The summed E-state index contributed by atoms with van der Waals surface area (Å²) in [6.07, 6.45) is 2.50. The smallest absolute Gasteiger partial charge is 0.0635 e. The summed E-state index contributed by atoms with van der Waals surface area (Å²) in [5.41, 5.74) is 2.29. The largest absolute Gasteiger partial charge is 0.378 e. The fourth-order valence-corrected chi connectivity index (χ4v) is 3.64. The number of nitrogens with zero attached hydrogens (tertiary/aromatic N) is 3. The summed E-state index contributed by atoms with van der Waals surface area (Å²) in [5, 5.41) is 0. The number of rotatable bonds is 4. The molecule has 0 spiro atoms. The molecule has 1 aromatic heterocycles. The molecule has 3 heterocycles. The minimum Gasteiger partial charge on any atom is -0.378 e. The first-order valence-electron chi connectivity index (χ1n) is 8.24. The Hall–Kier alpha value is -0.970. The Morgan fingerprint density at radius 1 is 1.29 bits per heavy atom. The SMILES string of the molecule is CCC[C@H]1COC[C@H]2CN(Cc3cccc(C)n3)CCN12. The van der Waals surface area contributed by atoms with E-state index in [1.54, 1.807) is 0 Å². The maximum atomic E-state index is 5.84. The van der Waals surface area contributed by atoms with Gasteiger partial charge in [0, 0.05) is 44.0 Å². The number of morpholine rings is 1. The second kappa shape index (κ2) is 6.86. The molecular weight excluding hydrogens is 262 g/mol. The van der Waals surface area contributed by atoms with Gasteiger partial charge in [0.25, 0.3) is 0 Å². The molecule has 4 nitrogen and oxygen atoms in total. The van der Waals surface area contributed by atoms with E-state index in [4.69, 9.17) is 4.74 Å². The third-order valence-electron chi connectivity index (χ3n) is 4.66. The summed E-state index contributed by atoms with van der Waals surface area (Å²) in [6, 6.07) is 7.50. The van der Waals surface area contributed by atoms with Gasteiger partial charge in [-0.1, -0.05) is 19.4 Å². The van der Waals surface area contributed by atoms with Gasteiger partial charge in [-0.15, -0.1) is 0 Å². The van der Waals surface area contributed by atoms with E-state index in [0.29, 0.717) is 12.1 Å². The lowest BCUT2D eigenvalue weighted by Gasteiger charge is -2.48. The Labute approximate surface area is 128 Å². The van der Waals surface area contributed by atoms with Gasteiger partial charge in [-0.2, -0.15) is 0 Å². The Morgan fingerprint density at radius 2 is 2.19 bits per heavy atom. The van der Waals surface area contributed by atoms with Gasteiger partial charge in [0.2, 0.25) is 0 Å². The van der Waals surface area contributed by atoms with Crippen LogP contribution < -0.4 is 0 Å². The van der Waals surface area contributed by atoms with Gasteiger partial charge in [-0.05, 0) is 25.5 Å². The van der Waals surface area contributed by atoms with Crippen molar-refractivity contribution in [3.05, 3.63) is 29.6 Å². The zero-order valence-electron chi connectivity index (χ0n) is 13.3. The standard InChI is InChI=1S/C17H27N3O/c1-3-5-16-12-21-13-17-11-19(8-9-20(16)17)10-15-7-4-6-14(2)18-15/h4,6-7,16-17H,3,5,8-13H2,1-2H3/t16-,17+/m0/s1. The molecule has 2 saturated heterocycles. The molecule has 0 saturated carbocycles. The maximum Gasteiger partial charge on any atom is 0.0635 e. The van der Waals surface area contributed by atoms with Crippen LogP contribution in [0.3, 0.4) is 0 Å². The van der Waals surface area contributed by atoms with Crippen LogP contribution in [-0.4, -0.2) is 59.7 Å². The second-order valence-electron chi connectivity index (χ2n) is 6.38. The van der Waals surface area contributed by atoms with Gasteiger partial charge in [0.15, 0.2) is 0 Å². The zero-order valence-corrected chi connectivity index (χ0v) is 13.3. The lowest BCUT2D eigenvalue weighted by molar-refractivity contribution is -0.0842. The highest BCUT2D eigenvalue weighted by atomic mass is 16.5. The Morgan fingerprint density at radius 3 is 3.00 bits per heavy atom. The zero-order chi connectivity index (χ0) is 14.7. The van der Waals surface area contributed by atoms with Crippen molar-refractivity contribution in [3.8, 4) is 0 Å². The van der Waals surface area contributed by atoms with Crippen molar-refractivity contribution in [1.29, 1.82) is 0 Å². The summed E-state index contributed by atoms with van der Waals surface area (Å²) >= 11 is 0. The fourth-order valence-electron chi connectivity index (χ4n) is 3.64. The summed E-state index contributed by atoms with van der Waals surface area (Å²) in [5.74, 6) is 0. The first kappa shape index (κ1) is 14.9. The third kappa shape index (κ3) is 3.62. The molecule has 0 aromatic carbocycles. The molecule has 0 radical (unpaired) electrons. The average molecular weight is 289 g/mol. The number of ether oxygens (including phenoxy) is 1. The van der Waals surface area contributed by atoms with Crippen LogP contribution in [0, 0.1) is 6.92 Å². The molecule has 4 heteroatoms. The van der Waals surface area contributed by atoms with Gasteiger partial charge in [-0.25, -0.2) is 0 Å². The number of hydrogen-bond donors (Lipinski definition) is 0. The van der Waals surface area contributed by atoms with Crippen LogP contribution in [0.1, 0.15) is 31.2 Å². The van der Waals surface area contributed by atoms with Gasteiger partial charge in [0.05, 0.1) is 18.9 Å². The molecule has 0 amide bonds. The third-order valence-corrected chi connectivity index (χ3v) is 4.66. The summed E-state index contributed by atoms with van der Waals surface area (Å²) in [4.78, 5) is 9.85. The highest BCUT2D eigenvalue weighted by molar-refractivity contribution is 5.10. The van der Waals surface area contributed by atoms with Gasteiger partial charge >= 0.3 is 0 Å². The molecule has 21 heavy (non-hydrogen) atoms. The van der Waals surface area contributed by atoms with Crippen LogP contribution in [0.15, 0.2) is 18.2 Å². The van der Waals surface area contributed by atoms with Crippen LogP contribution in [0.25, 0.3) is 0 Å². The van der Waals surface area contributed by atoms with E-state index in [0.717, 1.165) is 38.5 Å². The molecule has 1 aromatic rings. The van der Waals surface area contributed by atoms with Crippen LogP contribution in [0.5, 0.6) is 0 Å². The van der Waals surface area contributed by atoms with Gasteiger partial charge in [0.1, 0.15) is 0 Å². The first-order valence-corrected chi connectivity index (χ1v) is 8.24. The number of fused-ring (bicyclic) bond motifs is 1. The molecule has 116 valence electrons. The van der Waals surface area contributed by atoms with Crippen molar-refractivity contribution < 1.29 is 4.74 Å². The summed E-state index contributed by atoms with van der Waals surface area (Å²) in [6.45, 7) is 10.5. The van der Waals surface area contributed by atoms with Crippen molar-refractivity contribution in [1.82, 2.24) is 14.8 Å². The molecule has 0 aliphatic carbocycles. The number of aryl methyl sites for hydroxylation is 1. The molecule has 2 fully saturated rings. The lowest BCUT2D eigenvalue weighted by atomic mass is 10.0. The van der Waals surface area contributed by atoms with Crippen LogP contribution >= 0.6 is 0 Å². The Balaban J connectivity index is 1.59. The average Bonchev–Trinajstić information content (AvgIpc) is 2.48. The molecular formula is C17H27N3O. The highest BCUT2D eigenvalue weighted by Gasteiger charge is 2.35. The van der Waals surface area contributed by atoms with Crippen LogP contribution in [0.2, 0.25) is 0 Å². The quantitative estimate of drug-likeness (QED) is 0.848. The van der Waals surface area contributed by atoms with Crippen LogP contribution in [-0.2, 0) is 11.3 Å². The molecule has 2 aliphatic rings. The number of aromatic nitrogens is 1. The molecule has 0 unspecified atom stereocenters. The van der Waals surface area contributed by atoms with Crippen molar-refractivity contribution in [3.63, 3.8) is 0 Å². The van der Waals surface area contributed by atoms with Crippen molar-refractivity contribution in [2.45, 2.75) is 45.3 Å². The van der Waals surface area contributed by atoms with Crippen molar-refractivity contribution >= 4 is 0 Å². The molecule has 0 bridgehead atoms. The van der Waals surface area contributed by atoms with E-state index >= 15 is 0 Å². The Kier molecular flexibility index (Phi) is 4.88. The van der Waals surface area contributed by atoms with Gasteiger partial charge in [-0.3, -0.25) is 14.8 Å². The van der Waals surface area contributed by atoms with E-state index in [2.05, 4.69) is 46.8 Å². The van der Waals surface area contributed by atoms with Crippen molar-refractivity contribution in [2.24, 2.45) is 0 Å². The number of hydrogen-bond acceptors (Lipinski definition) is 4. The molecule has 2 aliphatic heterocycles. The first-order chi connectivity index (χ1) is 10.3. The Bertz CT molecular complexity index is 463. The predicted molar refractivity (Wildman–Crippen MR) is 84.3 cm³/mol. The fraction of sp³-hybridized carbons (Fsp3) is 0.706. The number of pyridine rings is 1. The number of piperazine rings is 1. The maximum absolute atomic E-state index is 5.84. The van der Waals surface area contributed by atoms with Crippen molar-refractivity contribution in [2.75, 3.05) is 32.8 Å². The minimum absolute atomic E-state index is 0.564. The van der Waals surface area contributed by atoms with E-state index < -0.39 is 0 Å². The summed E-state index contributed by atoms with van der Waals surface area (Å²) in [7, 11) is 0. The predicted octanol–water partition coefficient (Wildman–Crippen LogP) is 2.08. The molecule has 3 rings (SSSR count). The van der Waals surface area contributed by atoms with E-state index in [9.17, 15) is 0 Å². The minimum atomic E-state index is 0.564. The highest BCUT2D eigenvalue weighted by Crippen LogP contribution is 2.22. The molecule has 2 atom stereocenters. The van der Waals surface area contributed by atoms with Crippen LogP contribution in [0.4, 0.5) is 0 Å². The van der Waals surface area contributed by atoms with Gasteiger partial charge < -0.3 is 4.74 Å². The van der Waals surface area contributed by atoms with E-state index in [1.807, 2.05) is 0 Å². The van der Waals surface area contributed by atoms with E-state index in [-0.39, 0.29) is 0 Å². The monoisotopic (exact) mass is 289 g/mol. The summed E-state index contributed by atoms with van der Waals surface area (Å²) < 4.78 is 5.84. The second-order valence-corrected chi connectivity index (χ2v) is 6.38. The lowest BCUT2D eigenvalue weighted by Crippen LogP contribution is -2.61. The molecule has 0 N–H and O–H groups in total. The van der Waals surface area contributed by atoms with E-state index in [1.165, 1.54) is 25.1 Å². The normalized spacial score (nSPS) is 27.5.